The Morgan fingerprint density at radius 1 is 1.13 bits per heavy atom. The Kier molecular flexibility index (Phi) is 6.98. The molecule has 4 N–H and O–H groups in total. The van der Waals surface area contributed by atoms with E-state index in [1.165, 1.54) is 19.4 Å². The Bertz CT molecular complexity index is 1140. The molecule has 0 fully saturated rings. The monoisotopic (exact) mass is 445 g/mol. The molecule has 0 aliphatic carbocycles. The summed E-state index contributed by atoms with van der Waals surface area (Å²) in [5, 5.41) is 6.13. The molecule has 0 radical (unpaired) electrons. The normalized spacial score (nSPS) is 11.2. The molecule has 0 bridgehead atoms. The Labute approximate surface area is 180 Å². The molecule has 0 saturated carbocycles. The van der Waals surface area contributed by atoms with Crippen molar-refractivity contribution in [2.75, 3.05) is 28.2 Å². The molecule has 2 aromatic heterocycles. The maximum Gasteiger partial charge on any atom is 0.233 e. The number of sulfonamides is 1. The van der Waals surface area contributed by atoms with Crippen LogP contribution >= 0.6 is 0 Å². The van der Waals surface area contributed by atoms with Crippen molar-refractivity contribution in [3.05, 3.63) is 65.5 Å². The summed E-state index contributed by atoms with van der Waals surface area (Å²) in [7, 11) is -2.05. The molecule has 9 nitrogen and oxygen atoms in total. The summed E-state index contributed by atoms with van der Waals surface area (Å²) in [6, 6.07) is 10.9. The quantitative estimate of drug-likeness (QED) is 0.459. The Balaban J connectivity index is 1.81. The van der Waals surface area contributed by atoms with Crippen molar-refractivity contribution in [1.82, 2.24) is 15.0 Å². The number of halogens is 1. The summed E-state index contributed by atoms with van der Waals surface area (Å²) in [4.78, 5) is 12.7. The van der Waals surface area contributed by atoms with E-state index in [1.807, 2.05) is 24.3 Å². The molecule has 0 spiro atoms. The first kappa shape index (κ1) is 22.4. The summed E-state index contributed by atoms with van der Waals surface area (Å²) in [5.74, 6) is 0.877. The van der Waals surface area contributed by atoms with E-state index in [2.05, 4.69) is 25.6 Å². The van der Waals surface area contributed by atoms with Crippen LogP contribution in [0.3, 0.4) is 0 Å². The number of hydrogen-bond donors (Lipinski definition) is 3. The van der Waals surface area contributed by atoms with E-state index >= 15 is 0 Å². The van der Waals surface area contributed by atoms with Gasteiger partial charge in [0.05, 0.1) is 6.26 Å². The maximum absolute atomic E-state index is 13.5. The van der Waals surface area contributed by atoms with Crippen LogP contribution < -0.4 is 20.7 Å². The van der Waals surface area contributed by atoms with Gasteiger partial charge in [-0.05, 0) is 23.8 Å². The van der Waals surface area contributed by atoms with E-state index in [-0.39, 0.29) is 17.9 Å². The molecule has 2 heterocycles. The van der Waals surface area contributed by atoms with Gasteiger partial charge in [0.25, 0.3) is 0 Å². The fraction of sp³-hybridized carbons (Fsp3) is 0.250. The first-order valence-electron chi connectivity index (χ1n) is 9.41. The second-order valence-electron chi connectivity index (χ2n) is 6.80. The van der Waals surface area contributed by atoms with Crippen LogP contribution in [0.15, 0.2) is 48.8 Å². The molecule has 164 valence electrons. The van der Waals surface area contributed by atoms with E-state index in [0.717, 1.165) is 21.8 Å². The van der Waals surface area contributed by atoms with Crippen LogP contribution in [0.2, 0.25) is 0 Å². The Hall–Kier alpha value is -3.31. The zero-order chi connectivity index (χ0) is 22.4. The predicted molar refractivity (Wildman–Crippen MR) is 119 cm³/mol. The SMILES string of the molecule is CN(c1ncccc1CNc1nc(Nc2ccc(CN)cc2)ncc1CF)S(C)(=O)=O. The van der Waals surface area contributed by atoms with Gasteiger partial charge in [0.2, 0.25) is 16.0 Å². The smallest absolute Gasteiger partial charge is 0.233 e. The van der Waals surface area contributed by atoms with Gasteiger partial charge in [-0.3, -0.25) is 4.31 Å². The number of hydrogen-bond acceptors (Lipinski definition) is 8. The topological polar surface area (TPSA) is 126 Å². The predicted octanol–water partition coefficient (Wildman–Crippen LogP) is 2.55. The third-order valence-electron chi connectivity index (χ3n) is 4.56. The van der Waals surface area contributed by atoms with Crippen molar-refractivity contribution in [2.24, 2.45) is 5.73 Å². The first-order valence-corrected chi connectivity index (χ1v) is 11.3. The number of anilines is 4. The van der Waals surface area contributed by atoms with Crippen LogP contribution in [-0.2, 0) is 29.8 Å². The van der Waals surface area contributed by atoms with Crippen LogP contribution in [0.4, 0.5) is 27.7 Å². The number of rotatable bonds is 9. The third-order valence-corrected chi connectivity index (χ3v) is 5.73. The number of pyridine rings is 1. The summed E-state index contributed by atoms with van der Waals surface area (Å²) in [5.41, 5.74) is 8.27. The molecule has 0 atom stereocenters. The maximum atomic E-state index is 13.5. The van der Waals surface area contributed by atoms with Gasteiger partial charge in [-0.25, -0.2) is 22.8 Å². The number of alkyl halides is 1. The number of nitrogens with one attached hydrogen (secondary N) is 2. The van der Waals surface area contributed by atoms with Crippen molar-refractivity contribution >= 4 is 33.3 Å². The van der Waals surface area contributed by atoms with E-state index in [0.29, 0.717) is 23.9 Å². The molecular formula is C20H24FN7O2S. The van der Waals surface area contributed by atoms with Crippen molar-refractivity contribution < 1.29 is 12.8 Å². The number of nitrogens with zero attached hydrogens (tertiary/aromatic N) is 4. The molecule has 0 unspecified atom stereocenters. The van der Waals surface area contributed by atoms with E-state index in [9.17, 15) is 12.8 Å². The van der Waals surface area contributed by atoms with Crippen LogP contribution in [0.5, 0.6) is 0 Å². The second kappa shape index (κ2) is 9.67. The van der Waals surface area contributed by atoms with Crippen LogP contribution in [0.25, 0.3) is 0 Å². The van der Waals surface area contributed by atoms with E-state index in [4.69, 9.17) is 5.73 Å². The van der Waals surface area contributed by atoms with Gasteiger partial charge >= 0.3 is 0 Å². The highest BCUT2D eigenvalue weighted by Crippen LogP contribution is 2.22. The lowest BCUT2D eigenvalue weighted by Crippen LogP contribution is -2.27. The molecule has 0 aliphatic heterocycles. The highest BCUT2D eigenvalue weighted by atomic mass is 32.2. The van der Waals surface area contributed by atoms with Crippen molar-refractivity contribution in [3.8, 4) is 0 Å². The van der Waals surface area contributed by atoms with E-state index < -0.39 is 16.7 Å². The van der Waals surface area contributed by atoms with Gasteiger partial charge in [0, 0.05) is 49.3 Å². The summed E-state index contributed by atoms with van der Waals surface area (Å²) >= 11 is 0. The van der Waals surface area contributed by atoms with Crippen LogP contribution in [0, 0.1) is 0 Å². The van der Waals surface area contributed by atoms with E-state index in [1.54, 1.807) is 12.1 Å². The molecule has 1 aromatic carbocycles. The largest absolute Gasteiger partial charge is 0.365 e. The van der Waals surface area contributed by atoms with Gasteiger partial charge in [-0.2, -0.15) is 4.98 Å². The van der Waals surface area contributed by atoms with Gasteiger partial charge < -0.3 is 16.4 Å². The fourth-order valence-electron chi connectivity index (χ4n) is 2.76. The standard InChI is InChI=1S/C20H24FN7O2S/c1-28(31(2,29)30)19-15(4-3-9-23-19)12-24-18-16(10-21)13-25-20(27-18)26-17-7-5-14(11-22)6-8-17/h3-9,13H,10-12,22H2,1-2H3,(H2,24,25,26,27). The summed E-state index contributed by atoms with van der Waals surface area (Å²) in [6.45, 7) is -0.116. The second-order valence-corrected chi connectivity index (χ2v) is 8.81. The molecule has 0 amide bonds. The molecule has 3 rings (SSSR count). The third kappa shape index (κ3) is 5.64. The molecule has 11 heteroatoms. The highest BCUT2D eigenvalue weighted by molar-refractivity contribution is 7.92. The number of nitrogens with two attached hydrogens (primary N) is 1. The van der Waals surface area contributed by atoms with Gasteiger partial charge in [-0.15, -0.1) is 0 Å². The fourth-order valence-corrected chi connectivity index (χ4v) is 3.24. The van der Waals surface area contributed by atoms with Gasteiger partial charge in [-0.1, -0.05) is 18.2 Å². The van der Waals surface area contributed by atoms with Crippen LogP contribution in [0.1, 0.15) is 16.7 Å². The lowest BCUT2D eigenvalue weighted by Gasteiger charge is -2.19. The molecule has 0 aliphatic rings. The van der Waals surface area contributed by atoms with Crippen molar-refractivity contribution in [3.63, 3.8) is 0 Å². The van der Waals surface area contributed by atoms with Crippen molar-refractivity contribution in [2.45, 2.75) is 19.8 Å². The molecule has 0 saturated heterocycles. The van der Waals surface area contributed by atoms with Crippen molar-refractivity contribution in [1.29, 1.82) is 0 Å². The number of aromatic nitrogens is 3. The Morgan fingerprint density at radius 2 is 1.87 bits per heavy atom. The van der Waals surface area contributed by atoms with Gasteiger partial charge in [0.1, 0.15) is 18.3 Å². The summed E-state index contributed by atoms with van der Waals surface area (Å²) in [6.07, 6.45) is 4.01. The van der Waals surface area contributed by atoms with Gasteiger partial charge in [0.15, 0.2) is 0 Å². The first-order chi connectivity index (χ1) is 14.8. The minimum atomic E-state index is -3.48. The minimum Gasteiger partial charge on any atom is -0.365 e. The molecule has 3 aromatic rings. The minimum absolute atomic E-state index is 0.192. The average molecular weight is 446 g/mol. The highest BCUT2D eigenvalue weighted by Gasteiger charge is 2.17. The zero-order valence-electron chi connectivity index (χ0n) is 17.2. The average Bonchev–Trinajstić information content (AvgIpc) is 2.77. The zero-order valence-corrected chi connectivity index (χ0v) is 18.0. The lowest BCUT2D eigenvalue weighted by molar-refractivity contribution is 0.484. The molecule has 31 heavy (non-hydrogen) atoms. The molecular weight excluding hydrogens is 421 g/mol. The number of benzene rings is 1. The summed E-state index contributed by atoms with van der Waals surface area (Å²) < 4.78 is 38.4. The Morgan fingerprint density at radius 3 is 2.52 bits per heavy atom. The van der Waals surface area contributed by atoms with Crippen LogP contribution in [-0.4, -0.2) is 36.7 Å². The lowest BCUT2D eigenvalue weighted by atomic mass is 10.2.